The molecule has 1 unspecified atom stereocenters. The molecule has 0 aliphatic rings. The molecule has 0 aromatic heterocycles. The first kappa shape index (κ1) is 79.1. The van der Waals surface area contributed by atoms with Crippen LogP contribution in [-0.4, -0.2) is 37.2 Å². The summed E-state index contributed by atoms with van der Waals surface area (Å²) in [4.78, 5) is 38.5. The lowest BCUT2D eigenvalue weighted by molar-refractivity contribution is -0.167. The second-order valence-corrected chi connectivity index (χ2v) is 23.4. The number of hydrogen-bond donors (Lipinski definition) is 0. The molecule has 0 aliphatic carbocycles. The Kier molecular flexibility index (Phi) is 67.2. The average Bonchev–Trinajstić information content (AvgIpc) is 3.50. The van der Waals surface area contributed by atoms with Crippen LogP contribution in [0.2, 0.25) is 0 Å². The molecule has 0 aliphatic heterocycles. The van der Waals surface area contributed by atoms with Gasteiger partial charge in [-0.05, 0) is 109 Å². The number of carbonyl (C=O) groups is 3. The third kappa shape index (κ3) is 68.7. The van der Waals surface area contributed by atoms with Crippen LogP contribution >= 0.6 is 0 Å². The van der Waals surface area contributed by atoms with Crippen molar-refractivity contribution in [2.24, 2.45) is 0 Å². The maximum absolute atomic E-state index is 12.9. The first-order valence-corrected chi connectivity index (χ1v) is 35.4. The van der Waals surface area contributed by atoms with Crippen molar-refractivity contribution < 1.29 is 28.6 Å². The molecule has 0 heterocycles. The number of allylic oxidation sites excluding steroid dienone is 18. The van der Waals surface area contributed by atoms with Crippen molar-refractivity contribution in [3.8, 4) is 0 Å². The summed E-state index contributed by atoms with van der Waals surface area (Å²) in [5.41, 5.74) is 0. The van der Waals surface area contributed by atoms with E-state index in [0.717, 1.165) is 103 Å². The molecule has 0 bridgehead atoms. The van der Waals surface area contributed by atoms with Crippen LogP contribution in [0.4, 0.5) is 0 Å². The Labute approximate surface area is 514 Å². The summed E-state index contributed by atoms with van der Waals surface area (Å²) < 4.78 is 17.0. The number of carbonyl (C=O) groups excluding carboxylic acids is 3. The van der Waals surface area contributed by atoms with Crippen molar-refractivity contribution in [2.75, 3.05) is 13.2 Å². The molecule has 0 spiro atoms. The van der Waals surface area contributed by atoms with Crippen LogP contribution in [0.15, 0.2) is 109 Å². The molecule has 476 valence electrons. The van der Waals surface area contributed by atoms with E-state index in [2.05, 4.69) is 130 Å². The monoisotopic (exact) mass is 1150 g/mol. The van der Waals surface area contributed by atoms with Gasteiger partial charge in [-0.1, -0.05) is 323 Å². The van der Waals surface area contributed by atoms with Crippen molar-refractivity contribution in [1.82, 2.24) is 0 Å². The summed E-state index contributed by atoms with van der Waals surface area (Å²) >= 11 is 0. The van der Waals surface area contributed by atoms with Gasteiger partial charge in [-0.2, -0.15) is 0 Å². The molecule has 0 rings (SSSR count). The normalized spacial score (nSPS) is 12.8. The van der Waals surface area contributed by atoms with E-state index in [1.807, 2.05) is 0 Å². The smallest absolute Gasteiger partial charge is 0.306 e. The molecule has 83 heavy (non-hydrogen) atoms. The summed E-state index contributed by atoms with van der Waals surface area (Å²) in [6.07, 6.45) is 96.8. The van der Waals surface area contributed by atoms with Gasteiger partial charge in [0.1, 0.15) is 13.2 Å². The van der Waals surface area contributed by atoms with Gasteiger partial charge >= 0.3 is 17.9 Å². The zero-order valence-electron chi connectivity index (χ0n) is 54.7. The van der Waals surface area contributed by atoms with E-state index in [-0.39, 0.29) is 37.5 Å². The number of ether oxygens (including phenoxy) is 3. The lowest BCUT2D eigenvalue weighted by atomic mass is 10.0. The molecule has 6 nitrogen and oxygen atoms in total. The topological polar surface area (TPSA) is 78.9 Å². The van der Waals surface area contributed by atoms with Crippen molar-refractivity contribution in [2.45, 2.75) is 348 Å². The Bertz CT molecular complexity index is 1660. The van der Waals surface area contributed by atoms with Crippen LogP contribution in [0.3, 0.4) is 0 Å². The fourth-order valence-corrected chi connectivity index (χ4v) is 9.99. The molecule has 6 heteroatoms. The van der Waals surface area contributed by atoms with E-state index in [1.54, 1.807) is 0 Å². The highest BCUT2D eigenvalue weighted by Gasteiger charge is 2.19. The van der Waals surface area contributed by atoms with Crippen molar-refractivity contribution in [3.63, 3.8) is 0 Å². The number of hydrogen-bond acceptors (Lipinski definition) is 6. The third-order valence-corrected chi connectivity index (χ3v) is 15.3. The van der Waals surface area contributed by atoms with E-state index in [9.17, 15) is 14.4 Å². The molecular formula is C77H132O6. The lowest BCUT2D eigenvalue weighted by Crippen LogP contribution is -2.30. The molecule has 0 N–H and O–H groups in total. The molecule has 0 fully saturated rings. The molecule has 0 radical (unpaired) electrons. The van der Waals surface area contributed by atoms with Gasteiger partial charge in [0.25, 0.3) is 0 Å². The van der Waals surface area contributed by atoms with Gasteiger partial charge in [-0.3, -0.25) is 14.4 Å². The van der Waals surface area contributed by atoms with E-state index in [0.29, 0.717) is 19.3 Å². The van der Waals surface area contributed by atoms with Crippen LogP contribution in [0.5, 0.6) is 0 Å². The summed E-state index contributed by atoms with van der Waals surface area (Å²) in [5, 5.41) is 0. The zero-order chi connectivity index (χ0) is 59.9. The summed E-state index contributed by atoms with van der Waals surface area (Å²) in [7, 11) is 0. The van der Waals surface area contributed by atoms with E-state index in [1.165, 1.54) is 193 Å². The van der Waals surface area contributed by atoms with E-state index < -0.39 is 6.10 Å². The fraction of sp³-hybridized carbons (Fsp3) is 0.727. The Morgan fingerprint density at radius 2 is 0.470 bits per heavy atom. The highest BCUT2D eigenvalue weighted by Crippen LogP contribution is 2.17. The average molecular weight is 1150 g/mol. The molecule has 0 amide bonds. The maximum Gasteiger partial charge on any atom is 0.306 e. The van der Waals surface area contributed by atoms with Gasteiger partial charge in [0.15, 0.2) is 6.10 Å². The first-order chi connectivity index (χ1) is 41.0. The van der Waals surface area contributed by atoms with Crippen molar-refractivity contribution in [3.05, 3.63) is 109 Å². The second kappa shape index (κ2) is 70.6. The fourth-order valence-electron chi connectivity index (χ4n) is 9.99. The number of unbranched alkanes of at least 4 members (excludes halogenated alkanes) is 35. The Morgan fingerprint density at radius 1 is 0.253 bits per heavy atom. The van der Waals surface area contributed by atoms with Gasteiger partial charge in [-0.15, -0.1) is 0 Å². The molecule has 0 saturated carbocycles. The predicted molar refractivity (Wildman–Crippen MR) is 362 cm³/mol. The molecular weight excluding hydrogens is 1020 g/mol. The summed E-state index contributed by atoms with van der Waals surface area (Å²) in [6.45, 7) is 6.52. The van der Waals surface area contributed by atoms with Gasteiger partial charge in [0.05, 0.1) is 0 Å². The van der Waals surface area contributed by atoms with Gasteiger partial charge < -0.3 is 14.2 Å². The largest absolute Gasteiger partial charge is 0.462 e. The third-order valence-electron chi connectivity index (χ3n) is 15.3. The first-order valence-electron chi connectivity index (χ1n) is 35.4. The van der Waals surface area contributed by atoms with Gasteiger partial charge in [0.2, 0.25) is 0 Å². The van der Waals surface area contributed by atoms with Crippen LogP contribution in [0, 0.1) is 0 Å². The van der Waals surface area contributed by atoms with Gasteiger partial charge in [-0.25, -0.2) is 0 Å². The standard InChI is InChI=1S/C77H132O6/c1-4-7-10-13-16-19-22-25-28-31-33-35-36-37-38-39-40-42-43-46-49-52-55-58-61-64-67-70-76(79)82-73-74(72-81-75(78)69-66-63-60-57-54-51-48-45-30-27-24-21-18-15-12-9-6-3)83-77(80)71-68-65-62-59-56-53-50-47-44-41-34-32-29-26-23-20-17-14-11-8-5-2/h8,11,17,20,22,25-26,29,31,33-34,36-37,41,47,50,56,59,74H,4-7,9-10,12-16,18-19,21,23-24,27-28,30,32,35,38-40,42-46,48-49,51-55,57-58,60-73H2,1-3H3/b11-8-,20-17-,25-22-,29-26-,33-31-,37-36-,41-34-,50-47-,59-56-. The van der Waals surface area contributed by atoms with Crippen molar-refractivity contribution >= 4 is 17.9 Å². The Balaban J connectivity index is 4.40. The number of esters is 3. The van der Waals surface area contributed by atoms with E-state index >= 15 is 0 Å². The Morgan fingerprint density at radius 3 is 0.759 bits per heavy atom. The molecule has 0 aromatic rings. The van der Waals surface area contributed by atoms with Gasteiger partial charge in [0, 0.05) is 19.3 Å². The van der Waals surface area contributed by atoms with Crippen LogP contribution in [0.25, 0.3) is 0 Å². The van der Waals surface area contributed by atoms with Crippen molar-refractivity contribution in [1.29, 1.82) is 0 Å². The summed E-state index contributed by atoms with van der Waals surface area (Å²) in [5.74, 6) is -0.925. The molecule has 1 atom stereocenters. The Hall–Kier alpha value is -3.93. The quantitative estimate of drug-likeness (QED) is 0.0261. The zero-order valence-corrected chi connectivity index (χ0v) is 54.7. The second-order valence-electron chi connectivity index (χ2n) is 23.4. The minimum Gasteiger partial charge on any atom is -0.462 e. The van der Waals surface area contributed by atoms with Crippen LogP contribution in [0.1, 0.15) is 342 Å². The lowest BCUT2D eigenvalue weighted by Gasteiger charge is -2.18. The van der Waals surface area contributed by atoms with E-state index in [4.69, 9.17) is 14.2 Å². The number of rotatable bonds is 64. The highest BCUT2D eigenvalue weighted by molar-refractivity contribution is 5.71. The minimum absolute atomic E-state index is 0.0940. The summed E-state index contributed by atoms with van der Waals surface area (Å²) in [6, 6.07) is 0. The van der Waals surface area contributed by atoms with Crippen LogP contribution in [-0.2, 0) is 28.6 Å². The maximum atomic E-state index is 12.9. The van der Waals surface area contributed by atoms with Crippen LogP contribution < -0.4 is 0 Å². The molecule has 0 aromatic carbocycles. The SMILES string of the molecule is CC/C=C\C/C=C\C/C=C\C/C=C\C/C=C\C/C=C\CCCCC(=O)OC(COC(=O)CCCCCCCCCCCCCC/C=C\C/C=C\C/C=C\CCCCCCC)COC(=O)CCCCCCCCCCCCCCCCCCC. The molecule has 0 saturated heterocycles. The predicted octanol–water partition coefficient (Wildman–Crippen LogP) is 24.6. The minimum atomic E-state index is -0.804. The highest BCUT2D eigenvalue weighted by atomic mass is 16.6.